The van der Waals surface area contributed by atoms with Crippen molar-refractivity contribution in [3.63, 3.8) is 0 Å². The quantitative estimate of drug-likeness (QED) is 0.665. The van der Waals surface area contributed by atoms with Crippen molar-refractivity contribution in [1.82, 2.24) is 5.16 Å². The highest BCUT2D eigenvalue weighted by molar-refractivity contribution is 5.30. The summed E-state index contributed by atoms with van der Waals surface area (Å²) in [6.45, 7) is 7.28. The van der Waals surface area contributed by atoms with E-state index in [9.17, 15) is 0 Å². The molecule has 0 N–H and O–H groups in total. The van der Waals surface area contributed by atoms with Crippen LogP contribution in [-0.4, -0.2) is 5.16 Å². The molecule has 1 aromatic heterocycles. The van der Waals surface area contributed by atoms with Crippen molar-refractivity contribution in [2.75, 3.05) is 0 Å². The first-order valence-corrected chi connectivity index (χ1v) is 4.14. The highest BCUT2D eigenvalue weighted by Crippen LogP contribution is 2.25. The van der Waals surface area contributed by atoms with Gasteiger partial charge in [-0.2, -0.15) is 5.26 Å². The van der Waals surface area contributed by atoms with Crippen LogP contribution in [0.2, 0.25) is 0 Å². The molecule has 1 unspecified atom stereocenters. The lowest BCUT2D eigenvalue weighted by atomic mass is 9.96. The summed E-state index contributed by atoms with van der Waals surface area (Å²) in [5.41, 5.74) is 1.70. The van der Waals surface area contributed by atoms with Gasteiger partial charge < -0.3 is 4.52 Å². The van der Waals surface area contributed by atoms with Crippen molar-refractivity contribution in [2.45, 2.75) is 26.2 Å². The maximum absolute atomic E-state index is 8.91. The molecule has 0 radical (unpaired) electrons. The van der Waals surface area contributed by atoms with E-state index in [-0.39, 0.29) is 5.92 Å². The van der Waals surface area contributed by atoms with Crippen LogP contribution in [0.25, 0.3) is 0 Å². The van der Waals surface area contributed by atoms with E-state index in [1.165, 1.54) is 0 Å². The molecule has 68 valence electrons. The predicted octanol–water partition coefficient (Wildman–Crippen LogP) is 2.47. The van der Waals surface area contributed by atoms with Gasteiger partial charge in [0, 0.05) is 5.56 Å². The fraction of sp³-hybridized carbons (Fsp3) is 0.400. The van der Waals surface area contributed by atoms with Crippen LogP contribution in [0.3, 0.4) is 0 Å². The molecule has 1 atom stereocenters. The summed E-state index contributed by atoms with van der Waals surface area (Å²) in [7, 11) is 0. The number of aryl methyl sites for hydroxylation is 2. The Morgan fingerprint density at radius 3 is 2.77 bits per heavy atom. The molecule has 1 rings (SSSR count). The van der Waals surface area contributed by atoms with Crippen LogP contribution in [0, 0.1) is 25.2 Å². The Morgan fingerprint density at radius 2 is 2.38 bits per heavy atom. The number of hydrogen-bond donors (Lipinski definition) is 0. The van der Waals surface area contributed by atoms with Crippen molar-refractivity contribution in [3.8, 4) is 6.07 Å². The van der Waals surface area contributed by atoms with Crippen molar-refractivity contribution in [2.24, 2.45) is 0 Å². The van der Waals surface area contributed by atoms with E-state index in [2.05, 4.69) is 17.8 Å². The van der Waals surface area contributed by atoms with E-state index in [0.29, 0.717) is 6.42 Å². The maximum Gasteiger partial charge on any atom is 0.138 e. The molecule has 1 aromatic rings. The molecule has 3 nitrogen and oxygen atoms in total. The Hall–Kier alpha value is -1.56. The van der Waals surface area contributed by atoms with Gasteiger partial charge in [0.25, 0.3) is 0 Å². The Bertz CT molecular complexity index is 327. The zero-order valence-corrected chi connectivity index (χ0v) is 7.87. The van der Waals surface area contributed by atoms with Gasteiger partial charge in [0.1, 0.15) is 5.76 Å². The molecule has 0 aromatic carbocycles. The van der Waals surface area contributed by atoms with E-state index in [0.717, 1.165) is 17.0 Å². The third-order valence-electron chi connectivity index (χ3n) is 2.00. The Morgan fingerprint density at radius 1 is 1.69 bits per heavy atom. The highest BCUT2D eigenvalue weighted by Gasteiger charge is 2.18. The average Bonchev–Trinajstić information content (AvgIpc) is 2.43. The summed E-state index contributed by atoms with van der Waals surface area (Å²) in [5.74, 6) is 0.551. The molecule has 3 heteroatoms. The summed E-state index contributed by atoms with van der Waals surface area (Å²) < 4.78 is 4.99. The van der Waals surface area contributed by atoms with Gasteiger partial charge in [-0.25, -0.2) is 0 Å². The lowest BCUT2D eigenvalue weighted by Crippen LogP contribution is -1.96. The van der Waals surface area contributed by atoms with Crippen LogP contribution in [0.4, 0.5) is 0 Å². The molecule has 0 aliphatic carbocycles. The molecule has 0 aliphatic rings. The molecule has 0 aliphatic heterocycles. The van der Waals surface area contributed by atoms with Crippen molar-refractivity contribution in [1.29, 1.82) is 5.26 Å². The average molecular weight is 176 g/mol. The summed E-state index contributed by atoms with van der Waals surface area (Å²) >= 11 is 0. The predicted molar refractivity (Wildman–Crippen MR) is 49.1 cm³/mol. The summed E-state index contributed by atoms with van der Waals surface area (Å²) in [4.78, 5) is 0. The van der Waals surface area contributed by atoms with Crippen molar-refractivity contribution < 1.29 is 4.52 Å². The zero-order valence-electron chi connectivity index (χ0n) is 7.87. The molecule has 0 amide bonds. The van der Waals surface area contributed by atoms with Crippen LogP contribution < -0.4 is 0 Å². The summed E-state index contributed by atoms with van der Waals surface area (Å²) in [5, 5.41) is 12.7. The third-order valence-corrected chi connectivity index (χ3v) is 2.00. The summed E-state index contributed by atoms with van der Waals surface area (Å²) in [6, 6.07) is 2.22. The van der Waals surface area contributed by atoms with E-state index in [1.807, 2.05) is 13.8 Å². The molecule has 0 spiro atoms. The minimum absolute atomic E-state index is 0.177. The fourth-order valence-electron chi connectivity index (χ4n) is 1.39. The van der Waals surface area contributed by atoms with Crippen LogP contribution in [0.15, 0.2) is 17.2 Å². The monoisotopic (exact) mass is 176 g/mol. The van der Waals surface area contributed by atoms with Gasteiger partial charge in [0.15, 0.2) is 0 Å². The Kier molecular flexibility index (Phi) is 2.86. The van der Waals surface area contributed by atoms with E-state index in [4.69, 9.17) is 9.78 Å². The lowest BCUT2D eigenvalue weighted by Gasteiger charge is -2.03. The number of aromatic nitrogens is 1. The minimum Gasteiger partial charge on any atom is -0.361 e. The highest BCUT2D eigenvalue weighted by atomic mass is 16.5. The van der Waals surface area contributed by atoms with Crippen molar-refractivity contribution >= 4 is 0 Å². The molecular formula is C10H12N2O. The van der Waals surface area contributed by atoms with Gasteiger partial charge in [0.05, 0.1) is 17.7 Å². The number of allylic oxidation sites excluding steroid dienone is 1. The smallest absolute Gasteiger partial charge is 0.138 e. The third kappa shape index (κ3) is 1.78. The molecule has 0 fully saturated rings. The van der Waals surface area contributed by atoms with Crippen LogP contribution >= 0.6 is 0 Å². The minimum atomic E-state index is -0.177. The van der Waals surface area contributed by atoms with Gasteiger partial charge in [-0.1, -0.05) is 11.2 Å². The lowest BCUT2D eigenvalue weighted by molar-refractivity contribution is 0.392. The molecule has 0 bridgehead atoms. The normalized spacial score (nSPS) is 12.1. The van der Waals surface area contributed by atoms with Gasteiger partial charge >= 0.3 is 0 Å². The molecule has 13 heavy (non-hydrogen) atoms. The topological polar surface area (TPSA) is 49.8 Å². The van der Waals surface area contributed by atoms with Crippen LogP contribution in [0.5, 0.6) is 0 Å². The largest absolute Gasteiger partial charge is 0.361 e. The SMILES string of the molecule is C=CCC(C#N)c1c(C)noc1C. The Labute approximate surface area is 77.7 Å². The maximum atomic E-state index is 8.91. The molecule has 0 saturated heterocycles. The van der Waals surface area contributed by atoms with Gasteiger partial charge in [-0.05, 0) is 20.3 Å². The first-order valence-electron chi connectivity index (χ1n) is 4.14. The van der Waals surface area contributed by atoms with Gasteiger partial charge in [-0.15, -0.1) is 6.58 Å². The number of hydrogen-bond acceptors (Lipinski definition) is 3. The van der Waals surface area contributed by atoms with E-state index >= 15 is 0 Å². The standard InChI is InChI=1S/C10H12N2O/c1-4-5-9(6-11)10-7(2)12-13-8(10)3/h4,9H,1,5H2,2-3H3. The second-order valence-corrected chi connectivity index (χ2v) is 2.94. The first-order chi connectivity index (χ1) is 6.20. The number of nitriles is 1. The Balaban J connectivity index is 3.04. The number of nitrogens with zero attached hydrogens (tertiary/aromatic N) is 2. The second kappa shape index (κ2) is 3.90. The molecule has 0 saturated carbocycles. The van der Waals surface area contributed by atoms with Gasteiger partial charge in [-0.3, -0.25) is 0 Å². The van der Waals surface area contributed by atoms with Crippen LogP contribution in [-0.2, 0) is 0 Å². The molecular weight excluding hydrogens is 164 g/mol. The fourth-order valence-corrected chi connectivity index (χ4v) is 1.39. The summed E-state index contributed by atoms with van der Waals surface area (Å²) in [6.07, 6.45) is 2.37. The number of rotatable bonds is 3. The first kappa shape index (κ1) is 9.53. The van der Waals surface area contributed by atoms with Crippen LogP contribution in [0.1, 0.15) is 29.4 Å². The zero-order chi connectivity index (χ0) is 9.84. The van der Waals surface area contributed by atoms with Crippen molar-refractivity contribution in [3.05, 3.63) is 29.7 Å². The van der Waals surface area contributed by atoms with E-state index < -0.39 is 0 Å². The second-order valence-electron chi connectivity index (χ2n) is 2.94. The van der Waals surface area contributed by atoms with E-state index in [1.54, 1.807) is 6.08 Å². The molecule has 1 heterocycles. The van der Waals surface area contributed by atoms with Gasteiger partial charge in [0.2, 0.25) is 0 Å².